The van der Waals surface area contributed by atoms with Gasteiger partial charge in [-0.25, -0.2) is 0 Å². The molecule has 0 fully saturated rings. The Bertz CT molecular complexity index is 750. The van der Waals surface area contributed by atoms with E-state index in [1.807, 2.05) is 40.0 Å². The van der Waals surface area contributed by atoms with Gasteiger partial charge in [-0.3, -0.25) is 14.6 Å². The zero-order chi connectivity index (χ0) is 16.3. The first-order valence-corrected chi connectivity index (χ1v) is 7.27. The Morgan fingerprint density at radius 1 is 1.41 bits per heavy atom. The molecule has 5 nitrogen and oxygen atoms in total. The van der Waals surface area contributed by atoms with Gasteiger partial charge < -0.3 is 9.88 Å². The van der Waals surface area contributed by atoms with Crippen molar-refractivity contribution < 1.29 is 4.79 Å². The highest BCUT2D eigenvalue weighted by Gasteiger charge is 2.15. The smallest absolute Gasteiger partial charge is 0.256 e. The van der Waals surface area contributed by atoms with Crippen LogP contribution >= 0.6 is 0 Å². The van der Waals surface area contributed by atoms with Crippen LogP contribution in [-0.4, -0.2) is 21.5 Å². The van der Waals surface area contributed by atoms with E-state index in [0.29, 0.717) is 6.42 Å². The summed E-state index contributed by atoms with van der Waals surface area (Å²) in [6.07, 6.45) is 3.95. The third kappa shape index (κ3) is 3.61. The van der Waals surface area contributed by atoms with E-state index in [1.165, 1.54) is 6.07 Å². The van der Waals surface area contributed by atoms with E-state index in [0.717, 1.165) is 17.0 Å². The number of pyridine rings is 2. The third-order valence-corrected chi connectivity index (χ3v) is 3.72. The highest BCUT2D eigenvalue weighted by atomic mass is 16.2. The number of hydrogen-bond acceptors (Lipinski definition) is 3. The molecular formula is C17H21N3O2. The Morgan fingerprint density at radius 2 is 2.14 bits per heavy atom. The van der Waals surface area contributed by atoms with Crippen molar-refractivity contribution >= 4 is 5.91 Å². The lowest BCUT2D eigenvalue weighted by Gasteiger charge is -2.15. The van der Waals surface area contributed by atoms with E-state index in [-0.39, 0.29) is 22.9 Å². The fourth-order valence-corrected chi connectivity index (χ4v) is 2.27. The first-order valence-electron chi connectivity index (χ1n) is 7.27. The summed E-state index contributed by atoms with van der Waals surface area (Å²) in [6, 6.07) is 5.25. The first kappa shape index (κ1) is 15.9. The standard InChI is InChI=1S/C17H21N3O2/c1-11-6-5-7-18-15(11)8-12(2)19-17(22)14-10-20(4)13(3)9-16(14)21/h5-7,9-10,12H,8H2,1-4H3,(H,19,22)/t12-/m1/s1. The molecular weight excluding hydrogens is 278 g/mol. The van der Waals surface area contributed by atoms with Crippen molar-refractivity contribution in [2.45, 2.75) is 33.2 Å². The SMILES string of the molecule is Cc1cccnc1C[C@@H](C)NC(=O)c1cn(C)c(C)cc1=O. The molecule has 1 N–H and O–H groups in total. The Kier molecular flexibility index (Phi) is 4.75. The van der Waals surface area contributed by atoms with Gasteiger partial charge in [0.25, 0.3) is 5.91 Å². The normalized spacial score (nSPS) is 12.0. The number of nitrogens with one attached hydrogen (secondary N) is 1. The minimum absolute atomic E-state index is 0.105. The van der Waals surface area contributed by atoms with Crippen molar-refractivity contribution in [3.8, 4) is 0 Å². The van der Waals surface area contributed by atoms with Gasteiger partial charge in [0.05, 0.1) is 0 Å². The zero-order valence-electron chi connectivity index (χ0n) is 13.4. The fraction of sp³-hybridized carbons (Fsp3) is 0.353. The number of hydrogen-bond donors (Lipinski definition) is 1. The summed E-state index contributed by atoms with van der Waals surface area (Å²) in [5.41, 5.74) is 2.77. The van der Waals surface area contributed by atoms with Crippen molar-refractivity contribution in [3.63, 3.8) is 0 Å². The van der Waals surface area contributed by atoms with Crippen LogP contribution in [0.3, 0.4) is 0 Å². The summed E-state index contributed by atoms with van der Waals surface area (Å²) in [6.45, 7) is 5.73. The lowest BCUT2D eigenvalue weighted by Crippen LogP contribution is -2.37. The van der Waals surface area contributed by atoms with E-state index in [4.69, 9.17) is 0 Å². The molecule has 0 aliphatic carbocycles. The maximum Gasteiger partial charge on any atom is 0.256 e. The molecule has 0 saturated carbocycles. The van der Waals surface area contributed by atoms with Gasteiger partial charge >= 0.3 is 0 Å². The van der Waals surface area contributed by atoms with E-state index < -0.39 is 0 Å². The summed E-state index contributed by atoms with van der Waals surface area (Å²) in [5, 5.41) is 2.87. The molecule has 0 aliphatic heterocycles. The molecule has 0 unspecified atom stereocenters. The second-order valence-corrected chi connectivity index (χ2v) is 5.65. The average molecular weight is 299 g/mol. The second-order valence-electron chi connectivity index (χ2n) is 5.65. The molecule has 2 aromatic rings. The first-order chi connectivity index (χ1) is 10.4. The molecule has 0 saturated heterocycles. The van der Waals surface area contributed by atoms with Crippen molar-refractivity contribution in [1.82, 2.24) is 14.9 Å². The number of amides is 1. The lowest BCUT2D eigenvalue weighted by molar-refractivity contribution is 0.0938. The summed E-state index contributed by atoms with van der Waals surface area (Å²) >= 11 is 0. The van der Waals surface area contributed by atoms with E-state index >= 15 is 0 Å². The molecule has 0 radical (unpaired) electrons. The Balaban J connectivity index is 2.11. The maximum absolute atomic E-state index is 12.3. The van der Waals surface area contributed by atoms with Crippen molar-refractivity contribution in [3.05, 3.63) is 63.3 Å². The zero-order valence-corrected chi connectivity index (χ0v) is 13.4. The number of carbonyl (C=O) groups is 1. The maximum atomic E-state index is 12.3. The topological polar surface area (TPSA) is 64.0 Å². The van der Waals surface area contributed by atoms with Gasteiger partial charge in [0.2, 0.25) is 0 Å². The lowest BCUT2D eigenvalue weighted by atomic mass is 10.1. The molecule has 1 amide bonds. The highest BCUT2D eigenvalue weighted by molar-refractivity contribution is 5.94. The quantitative estimate of drug-likeness (QED) is 0.935. The summed E-state index contributed by atoms with van der Waals surface area (Å²) in [4.78, 5) is 28.5. The molecule has 0 aliphatic rings. The summed E-state index contributed by atoms with van der Waals surface area (Å²) in [5.74, 6) is -0.346. The number of aromatic nitrogens is 2. The van der Waals surface area contributed by atoms with Crippen LogP contribution in [0.5, 0.6) is 0 Å². The van der Waals surface area contributed by atoms with E-state index in [1.54, 1.807) is 17.0 Å². The average Bonchev–Trinajstić information content (AvgIpc) is 2.45. The Morgan fingerprint density at radius 3 is 2.82 bits per heavy atom. The van der Waals surface area contributed by atoms with Crippen LogP contribution in [-0.2, 0) is 13.5 Å². The molecule has 116 valence electrons. The second kappa shape index (κ2) is 6.56. The monoisotopic (exact) mass is 299 g/mol. The van der Waals surface area contributed by atoms with Crippen molar-refractivity contribution in [1.29, 1.82) is 0 Å². The Labute approximate surface area is 130 Å². The molecule has 22 heavy (non-hydrogen) atoms. The van der Waals surface area contributed by atoms with Crippen LogP contribution < -0.4 is 10.7 Å². The molecule has 2 rings (SSSR count). The largest absolute Gasteiger partial charge is 0.354 e. The molecule has 1 atom stereocenters. The summed E-state index contributed by atoms with van der Waals surface area (Å²) < 4.78 is 1.77. The molecule has 2 heterocycles. The van der Waals surface area contributed by atoms with Gasteiger partial charge in [0.1, 0.15) is 5.56 Å². The van der Waals surface area contributed by atoms with Gasteiger partial charge in [-0.15, -0.1) is 0 Å². The van der Waals surface area contributed by atoms with Crippen LogP contribution in [0.25, 0.3) is 0 Å². The highest BCUT2D eigenvalue weighted by Crippen LogP contribution is 2.07. The fourth-order valence-electron chi connectivity index (χ4n) is 2.27. The predicted molar refractivity (Wildman–Crippen MR) is 86.0 cm³/mol. The van der Waals surface area contributed by atoms with Gasteiger partial charge in [-0.05, 0) is 32.4 Å². The van der Waals surface area contributed by atoms with E-state index in [9.17, 15) is 9.59 Å². The van der Waals surface area contributed by atoms with Gasteiger partial charge in [-0.1, -0.05) is 6.07 Å². The van der Waals surface area contributed by atoms with Crippen LogP contribution in [0, 0.1) is 13.8 Å². The van der Waals surface area contributed by atoms with Crippen molar-refractivity contribution in [2.24, 2.45) is 7.05 Å². The van der Waals surface area contributed by atoms with Gasteiger partial charge in [0.15, 0.2) is 5.43 Å². The van der Waals surface area contributed by atoms with Gasteiger partial charge in [-0.2, -0.15) is 0 Å². The Hall–Kier alpha value is -2.43. The van der Waals surface area contributed by atoms with Crippen LogP contribution in [0.4, 0.5) is 0 Å². The van der Waals surface area contributed by atoms with Crippen LogP contribution in [0.2, 0.25) is 0 Å². The number of aryl methyl sites for hydroxylation is 3. The number of nitrogens with zero attached hydrogens (tertiary/aromatic N) is 2. The minimum atomic E-state index is -0.346. The van der Waals surface area contributed by atoms with Crippen LogP contribution in [0.15, 0.2) is 35.4 Å². The summed E-state index contributed by atoms with van der Waals surface area (Å²) in [7, 11) is 1.81. The number of carbonyl (C=O) groups excluding carboxylic acids is 1. The molecule has 0 bridgehead atoms. The molecule has 2 aromatic heterocycles. The third-order valence-electron chi connectivity index (χ3n) is 3.72. The minimum Gasteiger partial charge on any atom is -0.354 e. The molecule has 0 spiro atoms. The van der Waals surface area contributed by atoms with E-state index in [2.05, 4.69) is 10.3 Å². The van der Waals surface area contributed by atoms with Crippen molar-refractivity contribution in [2.75, 3.05) is 0 Å². The molecule has 0 aromatic carbocycles. The number of rotatable bonds is 4. The van der Waals surface area contributed by atoms with Crippen LogP contribution in [0.1, 0.15) is 34.2 Å². The predicted octanol–water partition coefficient (Wildman–Crippen LogP) is 1.76. The van der Waals surface area contributed by atoms with Gasteiger partial charge in [0, 0.05) is 49.4 Å². The molecule has 5 heteroatoms.